The van der Waals surface area contributed by atoms with Gasteiger partial charge in [0.1, 0.15) is 5.82 Å². The number of aryl methyl sites for hydroxylation is 1. The minimum Gasteiger partial charge on any atom is -0.338 e. The van der Waals surface area contributed by atoms with E-state index < -0.39 is 0 Å². The summed E-state index contributed by atoms with van der Waals surface area (Å²) in [5.74, 6) is -0.300. The van der Waals surface area contributed by atoms with Crippen LogP contribution in [0.25, 0.3) is 5.69 Å². The lowest BCUT2D eigenvalue weighted by Crippen LogP contribution is -2.37. The molecule has 0 spiro atoms. The fourth-order valence-electron chi connectivity index (χ4n) is 3.40. The van der Waals surface area contributed by atoms with Crippen molar-refractivity contribution in [1.29, 1.82) is 0 Å². The van der Waals surface area contributed by atoms with E-state index in [0.29, 0.717) is 38.0 Å². The Morgan fingerprint density at radius 2 is 1.96 bits per heavy atom. The first-order chi connectivity index (χ1) is 13.6. The summed E-state index contributed by atoms with van der Waals surface area (Å²) >= 11 is 0. The molecule has 0 atom stereocenters. The van der Waals surface area contributed by atoms with Crippen LogP contribution >= 0.6 is 0 Å². The fraction of sp³-hybridized carbons (Fsp3) is 0.238. The van der Waals surface area contributed by atoms with Crippen LogP contribution in [0.3, 0.4) is 0 Å². The molecule has 7 heteroatoms. The molecule has 0 aliphatic carbocycles. The van der Waals surface area contributed by atoms with Gasteiger partial charge in [-0.25, -0.2) is 4.39 Å². The highest BCUT2D eigenvalue weighted by atomic mass is 19.1. The molecule has 6 nitrogen and oxygen atoms in total. The van der Waals surface area contributed by atoms with Gasteiger partial charge in [-0.1, -0.05) is 0 Å². The van der Waals surface area contributed by atoms with E-state index in [9.17, 15) is 14.0 Å². The minimum absolute atomic E-state index is 0.0517. The van der Waals surface area contributed by atoms with E-state index in [1.165, 1.54) is 16.7 Å². The van der Waals surface area contributed by atoms with Crippen LogP contribution in [-0.2, 0) is 24.2 Å². The smallest absolute Gasteiger partial charge is 0.255 e. The van der Waals surface area contributed by atoms with Gasteiger partial charge >= 0.3 is 0 Å². The average Bonchev–Trinajstić information content (AvgIpc) is 2.72. The van der Waals surface area contributed by atoms with Crippen LogP contribution in [0.1, 0.15) is 23.2 Å². The first-order valence-electron chi connectivity index (χ1n) is 9.13. The first-order valence-corrected chi connectivity index (χ1v) is 9.13. The number of carbonyl (C=O) groups excluding carboxylic acids is 1. The number of hydrogen-bond donors (Lipinski definition) is 0. The second-order valence-corrected chi connectivity index (χ2v) is 6.77. The molecule has 0 saturated heterocycles. The van der Waals surface area contributed by atoms with Crippen LogP contribution in [-0.4, -0.2) is 31.9 Å². The number of aromatic nitrogens is 3. The molecule has 0 unspecified atom stereocenters. The van der Waals surface area contributed by atoms with Crippen molar-refractivity contribution in [2.24, 2.45) is 0 Å². The molecule has 0 N–H and O–H groups in total. The molecule has 0 bridgehead atoms. The Morgan fingerprint density at radius 1 is 1.14 bits per heavy atom. The van der Waals surface area contributed by atoms with E-state index in [0.717, 1.165) is 16.8 Å². The number of nitrogens with zero attached hydrogens (tertiary/aromatic N) is 4. The van der Waals surface area contributed by atoms with E-state index in [-0.39, 0.29) is 17.3 Å². The van der Waals surface area contributed by atoms with Crippen LogP contribution in [0, 0.1) is 5.82 Å². The van der Waals surface area contributed by atoms with Crippen molar-refractivity contribution in [2.75, 3.05) is 6.54 Å². The maximum Gasteiger partial charge on any atom is 0.255 e. The number of fused-ring (bicyclic) bond motifs is 1. The Bertz CT molecular complexity index is 1050. The third-order valence-electron chi connectivity index (χ3n) is 4.91. The van der Waals surface area contributed by atoms with E-state index in [1.807, 2.05) is 0 Å². The van der Waals surface area contributed by atoms with Gasteiger partial charge in [-0.15, -0.1) is 0 Å². The predicted octanol–water partition coefficient (Wildman–Crippen LogP) is 2.28. The normalized spacial score (nSPS) is 13.2. The van der Waals surface area contributed by atoms with Crippen molar-refractivity contribution in [2.45, 2.75) is 25.8 Å². The van der Waals surface area contributed by atoms with Gasteiger partial charge in [-0.3, -0.25) is 24.1 Å². The summed E-state index contributed by atoms with van der Waals surface area (Å²) in [4.78, 5) is 35.0. The molecule has 0 fully saturated rings. The number of hydrogen-bond acceptors (Lipinski definition) is 4. The second kappa shape index (κ2) is 7.72. The molecule has 3 aromatic rings. The Hall–Kier alpha value is -3.35. The molecule has 0 radical (unpaired) electrons. The van der Waals surface area contributed by atoms with Gasteiger partial charge in [-0.2, -0.15) is 0 Å². The zero-order chi connectivity index (χ0) is 19.5. The monoisotopic (exact) mass is 378 g/mol. The quantitative estimate of drug-likeness (QED) is 0.699. The van der Waals surface area contributed by atoms with Crippen molar-refractivity contribution in [1.82, 2.24) is 19.4 Å². The minimum atomic E-state index is -0.352. The summed E-state index contributed by atoms with van der Waals surface area (Å²) in [6.45, 7) is 1.04. The number of carbonyl (C=O) groups is 1. The predicted molar refractivity (Wildman–Crippen MR) is 101 cm³/mol. The lowest BCUT2D eigenvalue weighted by Gasteiger charge is -2.29. The molecule has 28 heavy (non-hydrogen) atoms. The van der Waals surface area contributed by atoms with Gasteiger partial charge in [0, 0.05) is 56.1 Å². The fourth-order valence-corrected chi connectivity index (χ4v) is 3.40. The Morgan fingerprint density at radius 3 is 2.71 bits per heavy atom. The lowest BCUT2D eigenvalue weighted by atomic mass is 10.0. The standard InChI is InChI=1S/C21H19FN4O2/c22-17-1-4-19(5-2-17)26-14-16-13-25(10-7-15(16)11-21(26)28)20(27)6-3-18-12-23-8-9-24-18/h1-2,4-5,8-9,11-12,14H,3,6-7,10,13H2. The number of halogens is 1. The molecule has 1 aromatic carbocycles. The number of benzene rings is 1. The van der Waals surface area contributed by atoms with Crippen molar-refractivity contribution >= 4 is 5.91 Å². The first kappa shape index (κ1) is 18.0. The van der Waals surface area contributed by atoms with E-state index in [4.69, 9.17) is 0 Å². The van der Waals surface area contributed by atoms with Crippen molar-refractivity contribution in [3.63, 3.8) is 0 Å². The highest BCUT2D eigenvalue weighted by molar-refractivity contribution is 5.76. The Kier molecular flexibility index (Phi) is 4.97. The molecule has 1 amide bonds. The summed E-state index contributed by atoms with van der Waals surface area (Å²) in [5.41, 5.74) is 3.12. The maximum atomic E-state index is 13.2. The Balaban J connectivity index is 1.51. The third-order valence-corrected chi connectivity index (χ3v) is 4.91. The van der Waals surface area contributed by atoms with Gasteiger partial charge < -0.3 is 4.90 Å². The molecular formula is C21H19FN4O2. The SMILES string of the molecule is O=C(CCc1cnccn1)N1CCc2cc(=O)n(-c3ccc(F)cc3)cc2C1. The topological polar surface area (TPSA) is 68.1 Å². The van der Waals surface area contributed by atoms with E-state index in [2.05, 4.69) is 9.97 Å². The zero-order valence-corrected chi connectivity index (χ0v) is 15.2. The Labute approximate surface area is 161 Å². The van der Waals surface area contributed by atoms with E-state index in [1.54, 1.807) is 47.9 Å². The van der Waals surface area contributed by atoms with Crippen molar-refractivity contribution in [3.05, 3.63) is 88.1 Å². The van der Waals surface area contributed by atoms with Crippen LogP contribution in [0.5, 0.6) is 0 Å². The van der Waals surface area contributed by atoms with Crippen LogP contribution in [0.15, 0.2) is 59.9 Å². The van der Waals surface area contributed by atoms with Gasteiger partial charge in [-0.05, 0) is 48.2 Å². The van der Waals surface area contributed by atoms with Crippen LogP contribution in [0.4, 0.5) is 4.39 Å². The average molecular weight is 378 g/mol. The summed E-state index contributed by atoms with van der Waals surface area (Å²) < 4.78 is 14.7. The van der Waals surface area contributed by atoms with Crippen molar-refractivity contribution in [3.8, 4) is 5.69 Å². The number of amides is 1. The van der Waals surface area contributed by atoms with Gasteiger partial charge in [0.05, 0.1) is 5.69 Å². The summed E-state index contributed by atoms with van der Waals surface area (Å²) in [7, 11) is 0. The highest BCUT2D eigenvalue weighted by Gasteiger charge is 2.22. The number of rotatable bonds is 4. The molecule has 0 saturated carbocycles. The number of pyridine rings is 1. The van der Waals surface area contributed by atoms with Gasteiger partial charge in [0.2, 0.25) is 5.91 Å². The molecule has 3 heterocycles. The second-order valence-electron chi connectivity index (χ2n) is 6.77. The van der Waals surface area contributed by atoms with Gasteiger partial charge in [0.15, 0.2) is 0 Å². The zero-order valence-electron chi connectivity index (χ0n) is 15.2. The lowest BCUT2D eigenvalue weighted by molar-refractivity contribution is -0.132. The molecule has 1 aliphatic heterocycles. The molecule has 142 valence electrons. The molecule has 4 rings (SSSR count). The summed E-state index contributed by atoms with van der Waals surface area (Å²) in [6.07, 6.45) is 8.20. The van der Waals surface area contributed by atoms with E-state index >= 15 is 0 Å². The summed E-state index contributed by atoms with van der Waals surface area (Å²) in [6, 6.07) is 7.39. The van der Waals surface area contributed by atoms with Crippen LogP contribution in [0.2, 0.25) is 0 Å². The largest absolute Gasteiger partial charge is 0.338 e. The summed E-state index contributed by atoms with van der Waals surface area (Å²) in [5, 5.41) is 0. The third kappa shape index (κ3) is 3.83. The highest BCUT2D eigenvalue weighted by Crippen LogP contribution is 2.20. The van der Waals surface area contributed by atoms with Gasteiger partial charge in [0.25, 0.3) is 5.56 Å². The van der Waals surface area contributed by atoms with Crippen molar-refractivity contribution < 1.29 is 9.18 Å². The van der Waals surface area contributed by atoms with Crippen LogP contribution < -0.4 is 5.56 Å². The molecular weight excluding hydrogens is 359 g/mol. The molecule has 1 aliphatic rings. The molecule has 2 aromatic heterocycles. The maximum absolute atomic E-state index is 13.2.